The zero-order valence-electron chi connectivity index (χ0n) is 19.0. The van der Waals surface area contributed by atoms with E-state index in [1.807, 2.05) is 30.3 Å². The fraction of sp³-hybridized carbons (Fsp3) is 0.286. The minimum atomic E-state index is -0.624. The van der Waals surface area contributed by atoms with Gasteiger partial charge in [0.1, 0.15) is 5.82 Å². The van der Waals surface area contributed by atoms with Crippen molar-refractivity contribution in [2.24, 2.45) is 18.7 Å². The summed E-state index contributed by atoms with van der Waals surface area (Å²) in [6.07, 6.45) is 3.33. The second-order valence-electron chi connectivity index (χ2n) is 9.96. The van der Waals surface area contributed by atoms with Crippen molar-refractivity contribution >= 4 is 11.0 Å². The standard InChI is InChI=1S/C28H26FN3O2/c1-32-24-14-21(20-4-2-3-5-22(20)29)26(31-23(24)12-13-25(32)33)17-6-8-18(9-7-17)27(30)15-28(34,16-27)19-10-11-19/h2-9,12-14,19,34H,10-11,15-16,30H2,1H3. The third-order valence-corrected chi connectivity index (χ3v) is 7.58. The second-order valence-corrected chi connectivity index (χ2v) is 9.96. The number of halogens is 1. The average Bonchev–Trinajstić information content (AvgIpc) is 3.67. The maximum atomic E-state index is 14.8. The zero-order valence-corrected chi connectivity index (χ0v) is 19.0. The SMILES string of the molecule is Cn1c(=O)ccc2nc(-c3ccc(C4(N)CC(O)(C5CC5)C4)cc3)c(-c3ccccc3F)cc21. The third kappa shape index (κ3) is 3.29. The Bertz CT molecular complexity index is 1480. The lowest BCUT2D eigenvalue weighted by Gasteiger charge is -2.52. The fourth-order valence-electron chi connectivity index (χ4n) is 5.51. The lowest BCUT2D eigenvalue weighted by Crippen LogP contribution is -2.60. The number of benzene rings is 2. The van der Waals surface area contributed by atoms with Crippen molar-refractivity contribution in [3.63, 3.8) is 0 Å². The molecular formula is C28H26FN3O2. The van der Waals surface area contributed by atoms with Gasteiger partial charge in [0.15, 0.2) is 0 Å². The maximum Gasteiger partial charge on any atom is 0.250 e. The van der Waals surface area contributed by atoms with Crippen molar-refractivity contribution in [1.29, 1.82) is 0 Å². The van der Waals surface area contributed by atoms with E-state index in [0.717, 1.165) is 24.0 Å². The quantitative estimate of drug-likeness (QED) is 0.475. The Morgan fingerprint density at radius 3 is 2.41 bits per heavy atom. The number of aromatic nitrogens is 2. The lowest BCUT2D eigenvalue weighted by molar-refractivity contribution is -0.106. The van der Waals surface area contributed by atoms with Gasteiger partial charge in [0.2, 0.25) is 0 Å². The van der Waals surface area contributed by atoms with Crippen LogP contribution < -0.4 is 11.3 Å². The van der Waals surface area contributed by atoms with Crippen molar-refractivity contribution in [2.75, 3.05) is 0 Å². The minimum absolute atomic E-state index is 0.147. The molecule has 0 bridgehead atoms. The molecule has 2 heterocycles. The van der Waals surface area contributed by atoms with Crippen LogP contribution in [-0.2, 0) is 12.6 Å². The highest BCUT2D eigenvalue weighted by atomic mass is 19.1. The van der Waals surface area contributed by atoms with Gasteiger partial charge in [0.05, 0.1) is 22.3 Å². The first-order valence-electron chi connectivity index (χ1n) is 11.7. The molecule has 3 N–H and O–H groups in total. The number of aliphatic hydroxyl groups is 1. The molecule has 0 saturated heterocycles. The molecule has 5 nitrogen and oxygen atoms in total. The zero-order chi connectivity index (χ0) is 23.7. The van der Waals surface area contributed by atoms with Crippen molar-refractivity contribution in [2.45, 2.75) is 36.8 Å². The van der Waals surface area contributed by atoms with Gasteiger partial charge in [-0.1, -0.05) is 42.5 Å². The molecule has 0 spiro atoms. The van der Waals surface area contributed by atoms with Crippen molar-refractivity contribution in [3.8, 4) is 22.4 Å². The molecule has 2 aromatic carbocycles. The molecule has 6 rings (SSSR count). The minimum Gasteiger partial charge on any atom is -0.389 e. The third-order valence-electron chi connectivity index (χ3n) is 7.58. The number of nitrogens with two attached hydrogens (primary N) is 1. The van der Waals surface area contributed by atoms with E-state index in [1.54, 1.807) is 31.3 Å². The van der Waals surface area contributed by atoms with Crippen LogP contribution in [-0.4, -0.2) is 20.3 Å². The van der Waals surface area contributed by atoms with Gasteiger partial charge in [-0.05, 0) is 55.4 Å². The number of hydrogen-bond acceptors (Lipinski definition) is 4. The summed E-state index contributed by atoms with van der Waals surface area (Å²) in [4.78, 5) is 17.0. The van der Waals surface area contributed by atoms with E-state index in [0.29, 0.717) is 46.6 Å². The predicted octanol–water partition coefficient (Wildman–Crippen LogP) is 4.50. The van der Waals surface area contributed by atoms with Crippen LogP contribution in [0.1, 0.15) is 31.2 Å². The van der Waals surface area contributed by atoms with Crippen LogP contribution in [0, 0.1) is 11.7 Å². The first-order valence-corrected chi connectivity index (χ1v) is 11.7. The smallest absolute Gasteiger partial charge is 0.250 e. The molecule has 0 amide bonds. The second kappa shape index (κ2) is 7.32. The maximum absolute atomic E-state index is 14.8. The number of nitrogens with zero attached hydrogens (tertiary/aromatic N) is 2. The number of hydrogen-bond donors (Lipinski definition) is 2. The molecule has 172 valence electrons. The van der Waals surface area contributed by atoms with Gasteiger partial charge in [0.25, 0.3) is 5.56 Å². The number of rotatable bonds is 4. The molecule has 2 aliphatic carbocycles. The summed E-state index contributed by atoms with van der Waals surface area (Å²) < 4.78 is 16.4. The molecular weight excluding hydrogens is 429 g/mol. The Morgan fingerprint density at radius 2 is 1.74 bits per heavy atom. The first kappa shape index (κ1) is 21.2. The summed E-state index contributed by atoms with van der Waals surface area (Å²) in [6.45, 7) is 0. The van der Waals surface area contributed by atoms with Crippen LogP contribution >= 0.6 is 0 Å². The fourth-order valence-corrected chi connectivity index (χ4v) is 5.51. The lowest BCUT2D eigenvalue weighted by atomic mass is 9.60. The van der Waals surface area contributed by atoms with E-state index >= 15 is 0 Å². The molecule has 0 unspecified atom stereocenters. The molecule has 2 aromatic heterocycles. The summed E-state index contributed by atoms with van der Waals surface area (Å²) in [5.74, 6) is 0.0433. The highest BCUT2D eigenvalue weighted by Gasteiger charge is 2.58. The topological polar surface area (TPSA) is 81.1 Å². The van der Waals surface area contributed by atoms with E-state index in [-0.39, 0.29) is 11.4 Å². The molecule has 2 saturated carbocycles. The van der Waals surface area contributed by atoms with Crippen molar-refractivity contribution < 1.29 is 9.50 Å². The van der Waals surface area contributed by atoms with E-state index in [4.69, 9.17) is 10.7 Å². The van der Waals surface area contributed by atoms with Gasteiger partial charge in [-0.15, -0.1) is 0 Å². The monoisotopic (exact) mass is 455 g/mol. The predicted molar refractivity (Wildman–Crippen MR) is 131 cm³/mol. The Hall–Kier alpha value is -3.35. The molecule has 0 aliphatic heterocycles. The van der Waals surface area contributed by atoms with Crippen molar-refractivity contribution in [1.82, 2.24) is 9.55 Å². The van der Waals surface area contributed by atoms with Crippen LogP contribution in [0.3, 0.4) is 0 Å². The van der Waals surface area contributed by atoms with Gasteiger partial charge in [-0.25, -0.2) is 9.37 Å². The van der Waals surface area contributed by atoms with E-state index in [9.17, 15) is 14.3 Å². The summed E-state index contributed by atoms with van der Waals surface area (Å²) in [7, 11) is 1.69. The summed E-state index contributed by atoms with van der Waals surface area (Å²) in [5, 5.41) is 10.8. The average molecular weight is 456 g/mol. The molecule has 4 aromatic rings. The van der Waals surface area contributed by atoms with Crippen LogP contribution in [0.4, 0.5) is 4.39 Å². The van der Waals surface area contributed by atoms with Gasteiger partial charge >= 0.3 is 0 Å². The first-order chi connectivity index (χ1) is 16.3. The van der Waals surface area contributed by atoms with E-state index in [2.05, 4.69) is 0 Å². The van der Waals surface area contributed by atoms with Crippen LogP contribution in [0.15, 0.2) is 71.5 Å². The van der Waals surface area contributed by atoms with Crippen LogP contribution in [0.2, 0.25) is 0 Å². The molecule has 2 aliphatic rings. The molecule has 2 fully saturated rings. The molecule has 6 heteroatoms. The van der Waals surface area contributed by atoms with Crippen molar-refractivity contribution in [3.05, 3.63) is 88.5 Å². The Balaban J connectivity index is 1.45. The summed E-state index contributed by atoms with van der Waals surface area (Å²) in [6, 6.07) is 19.5. The van der Waals surface area contributed by atoms with Gasteiger partial charge in [-0.3, -0.25) is 4.79 Å². The summed E-state index contributed by atoms with van der Waals surface area (Å²) in [5.41, 5.74) is 10.1. The van der Waals surface area contributed by atoms with Crippen LogP contribution in [0.25, 0.3) is 33.4 Å². The number of pyridine rings is 2. The molecule has 34 heavy (non-hydrogen) atoms. The normalized spacial score (nSPS) is 24.2. The Labute approximate surface area is 196 Å². The largest absolute Gasteiger partial charge is 0.389 e. The molecule has 0 radical (unpaired) electrons. The molecule has 0 atom stereocenters. The Morgan fingerprint density at radius 1 is 1.03 bits per heavy atom. The Kier molecular flexibility index (Phi) is 4.57. The van der Waals surface area contributed by atoms with Crippen LogP contribution in [0.5, 0.6) is 0 Å². The van der Waals surface area contributed by atoms with Gasteiger partial charge in [-0.2, -0.15) is 0 Å². The highest BCUT2D eigenvalue weighted by molar-refractivity contribution is 5.90. The van der Waals surface area contributed by atoms with E-state index < -0.39 is 11.1 Å². The van der Waals surface area contributed by atoms with E-state index in [1.165, 1.54) is 16.7 Å². The summed E-state index contributed by atoms with van der Waals surface area (Å²) >= 11 is 0. The highest BCUT2D eigenvalue weighted by Crippen LogP contribution is 2.57. The van der Waals surface area contributed by atoms with Gasteiger partial charge in [0, 0.05) is 35.3 Å². The number of fused-ring (bicyclic) bond motifs is 1. The number of aryl methyl sites for hydroxylation is 1. The van der Waals surface area contributed by atoms with Gasteiger partial charge < -0.3 is 15.4 Å².